The maximum Gasteiger partial charge on any atom is 0.261 e. The van der Waals surface area contributed by atoms with E-state index in [0.717, 1.165) is 0 Å². The molecule has 3 N–H and O–H groups in total. The number of carbonyl (C=O) groups is 1. The van der Waals surface area contributed by atoms with Crippen molar-refractivity contribution in [2.45, 2.75) is 19.6 Å². The highest BCUT2D eigenvalue weighted by Crippen LogP contribution is 2.26. The van der Waals surface area contributed by atoms with Gasteiger partial charge in [-0.1, -0.05) is 29.3 Å². The van der Waals surface area contributed by atoms with Gasteiger partial charge in [-0.05, 0) is 30.7 Å². The number of nitrogens with zero attached hydrogens (tertiary/aromatic N) is 1. The highest BCUT2D eigenvalue weighted by molar-refractivity contribution is 6.35. The van der Waals surface area contributed by atoms with Gasteiger partial charge in [0.05, 0.1) is 5.02 Å². The molecule has 0 saturated heterocycles. The molecule has 122 valence electrons. The van der Waals surface area contributed by atoms with Crippen LogP contribution in [0.3, 0.4) is 0 Å². The molecule has 1 aromatic heterocycles. The second-order valence-electron chi connectivity index (χ2n) is 4.74. The molecule has 6 nitrogen and oxygen atoms in total. The van der Waals surface area contributed by atoms with Crippen LogP contribution >= 0.6 is 23.2 Å². The fourth-order valence-corrected chi connectivity index (χ4v) is 2.15. The molecule has 1 atom stereocenters. The number of nitrogens with one attached hydrogen (secondary N) is 1. The van der Waals surface area contributed by atoms with E-state index in [1.54, 1.807) is 13.0 Å². The summed E-state index contributed by atoms with van der Waals surface area (Å²) in [6, 6.07) is 5.75. The Morgan fingerprint density at radius 2 is 2.04 bits per heavy atom. The fraction of sp³-hybridized carbons (Fsp3) is 0.200. The second kappa shape index (κ2) is 7.39. The lowest BCUT2D eigenvalue weighted by Gasteiger charge is -2.15. The minimum absolute atomic E-state index is 0.112. The number of phenols is 2. The standard InChI is InChI=1S/C15H14Cl2N2O4/c1-8(23-15-11(17)5-10(16)7-19-15)14(22)18-6-9-2-3-12(20)13(21)4-9/h2-5,7-8,20-21H,6H2,1H3,(H,18,22). The van der Waals surface area contributed by atoms with Gasteiger partial charge in [-0.15, -0.1) is 0 Å². The molecule has 2 aromatic rings. The number of aromatic hydroxyl groups is 2. The number of amides is 1. The molecule has 8 heteroatoms. The summed E-state index contributed by atoms with van der Waals surface area (Å²) in [5.41, 5.74) is 0.628. The summed E-state index contributed by atoms with van der Waals surface area (Å²) in [6.07, 6.45) is 0.541. The summed E-state index contributed by atoms with van der Waals surface area (Å²) in [6.45, 7) is 1.72. The number of benzene rings is 1. The lowest BCUT2D eigenvalue weighted by molar-refractivity contribution is -0.127. The van der Waals surface area contributed by atoms with Crippen molar-refractivity contribution < 1.29 is 19.7 Å². The summed E-state index contributed by atoms with van der Waals surface area (Å²) in [4.78, 5) is 15.9. The molecule has 1 heterocycles. The number of hydrogen-bond donors (Lipinski definition) is 3. The second-order valence-corrected chi connectivity index (χ2v) is 5.59. The van der Waals surface area contributed by atoms with Gasteiger partial charge in [0, 0.05) is 12.7 Å². The van der Waals surface area contributed by atoms with Crippen LogP contribution in [0.4, 0.5) is 0 Å². The normalized spacial score (nSPS) is 11.8. The first-order valence-corrected chi connectivity index (χ1v) is 7.38. The van der Waals surface area contributed by atoms with Crippen molar-refractivity contribution in [3.63, 3.8) is 0 Å². The van der Waals surface area contributed by atoms with Gasteiger partial charge in [0.15, 0.2) is 17.6 Å². The summed E-state index contributed by atoms with van der Waals surface area (Å²) >= 11 is 11.7. The predicted octanol–water partition coefficient (Wildman–Crippen LogP) is 2.88. The third-order valence-corrected chi connectivity index (χ3v) is 3.42. The first-order valence-electron chi connectivity index (χ1n) is 6.63. The minimum atomic E-state index is -0.827. The van der Waals surface area contributed by atoms with E-state index in [4.69, 9.17) is 27.9 Å². The average Bonchev–Trinajstić information content (AvgIpc) is 2.50. The van der Waals surface area contributed by atoms with E-state index in [-0.39, 0.29) is 34.9 Å². The van der Waals surface area contributed by atoms with Crippen molar-refractivity contribution in [2.24, 2.45) is 0 Å². The maximum atomic E-state index is 12.0. The molecule has 0 saturated carbocycles. The van der Waals surface area contributed by atoms with Gasteiger partial charge in [-0.2, -0.15) is 0 Å². The largest absolute Gasteiger partial charge is 0.504 e. The van der Waals surface area contributed by atoms with Crippen LogP contribution in [0.25, 0.3) is 0 Å². The highest BCUT2D eigenvalue weighted by atomic mass is 35.5. The van der Waals surface area contributed by atoms with Crippen molar-refractivity contribution in [3.8, 4) is 17.4 Å². The molecule has 2 rings (SSSR count). The summed E-state index contributed by atoms with van der Waals surface area (Å²) in [5.74, 6) is -0.746. The van der Waals surface area contributed by atoms with Crippen molar-refractivity contribution in [3.05, 3.63) is 46.1 Å². The monoisotopic (exact) mass is 356 g/mol. The van der Waals surface area contributed by atoms with Crippen molar-refractivity contribution in [1.82, 2.24) is 10.3 Å². The molecule has 0 radical (unpaired) electrons. The Kier molecular flexibility index (Phi) is 5.52. The molecule has 0 aliphatic rings. The number of pyridine rings is 1. The zero-order chi connectivity index (χ0) is 17.0. The van der Waals surface area contributed by atoms with Gasteiger partial charge in [-0.25, -0.2) is 4.98 Å². The van der Waals surface area contributed by atoms with Crippen molar-refractivity contribution >= 4 is 29.1 Å². The number of aromatic nitrogens is 1. The van der Waals surface area contributed by atoms with Gasteiger partial charge < -0.3 is 20.3 Å². The van der Waals surface area contributed by atoms with Crippen LogP contribution < -0.4 is 10.1 Å². The van der Waals surface area contributed by atoms with Gasteiger partial charge in [-0.3, -0.25) is 4.79 Å². The van der Waals surface area contributed by atoms with Crippen LogP contribution in [0.2, 0.25) is 10.0 Å². The Bertz CT molecular complexity index is 725. The van der Waals surface area contributed by atoms with Crippen LogP contribution in [0, 0.1) is 0 Å². The number of halogens is 2. The van der Waals surface area contributed by atoms with Crippen LogP contribution in [0.5, 0.6) is 17.4 Å². The molecular formula is C15H14Cl2N2O4. The van der Waals surface area contributed by atoms with Gasteiger partial charge >= 0.3 is 0 Å². The van der Waals surface area contributed by atoms with Gasteiger partial charge in [0.1, 0.15) is 5.02 Å². The minimum Gasteiger partial charge on any atom is -0.504 e. The number of ether oxygens (including phenoxy) is 1. The molecule has 0 bridgehead atoms. The first-order chi connectivity index (χ1) is 10.9. The topological polar surface area (TPSA) is 91.7 Å². The molecular weight excluding hydrogens is 343 g/mol. The summed E-state index contributed by atoms with van der Waals surface area (Å²) in [5, 5.41) is 21.9. The lowest BCUT2D eigenvalue weighted by atomic mass is 10.2. The van der Waals surface area contributed by atoms with E-state index in [9.17, 15) is 15.0 Å². The van der Waals surface area contributed by atoms with Crippen LogP contribution in [-0.2, 0) is 11.3 Å². The predicted molar refractivity (Wildman–Crippen MR) is 86.0 cm³/mol. The maximum absolute atomic E-state index is 12.0. The van der Waals surface area contributed by atoms with Gasteiger partial charge in [0.25, 0.3) is 5.91 Å². The summed E-state index contributed by atoms with van der Waals surface area (Å²) in [7, 11) is 0. The molecule has 1 amide bonds. The molecule has 1 unspecified atom stereocenters. The highest BCUT2D eigenvalue weighted by Gasteiger charge is 2.17. The Hall–Kier alpha value is -2.18. The molecule has 0 spiro atoms. The Labute approximate surface area is 142 Å². The van der Waals surface area contributed by atoms with E-state index in [1.165, 1.54) is 24.4 Å². The number of rotatable bonds is 5. The molecule has 0 aliphatic carbocycles. The van der Waals surface area contributed by atoms with Crippen LogP contribution in [0.1, 0.15) is 12.5 Å². The van der Waals surface area contributed by atoms with E-state index in [0.29, 0.717) is 10.6 Å². The SMILES string of the molecule is CC(Oc1ncc(Cl)cc1Cl)C(=O)NCc1ccc(O)c(O)c1. The van der Waals surface area contributed by atoms with E-state index in [2.05, 4.69) is 10.3 Å². The molecule has 0 aliphatic heterocycles. The van der Waals surface area contributed by atoms with Gasteiger partial charge in [0.2, 0.25) is 5.88 Å². The quantitative estimate of drug-likeness (QED) is 0.716. The van der Waals surface area contributed by atoms with E-state index in [1.807, 2.05) is 0 Å². The smallest absolute Gasteiger partial charge is 0.261 e. The van der Waals surface area contributed by atoms with Crippen LogP contribution in [0.15, 0.2) is 30.5 Å². The molecule has 1 aromatic carbocycles. The van der Waals surface area contributed by atoms with E-state index < -0.39 is 6.10 Å². The Balaban J connectivity index is 1.93. The zero-order valence-corrected chi connectivity index (χ0v) is 13.6. The first kappa shape index (κ1) is 17.2. The fourth-order valence-electron chi connectivity index (χ4n) is 1.72. The third kappa shape index (κ3) is 4.64. The Morgan fingerprint density at radius 1 is 1.30 bits per heavy atom. The van der Waals surface area contributed by atoms with Crippen molar-refractivity contribution in [1.29, 1.82) is 0 Å². The van der Waals surface area contributed by atoms with Crippen LogP contribution in [-0.4, -0.2) is 27.2 Å². The molecule has 0 fully saturated rings. The number of carbonyl (C=O) groups excluding carboxylic acids is 1. The summed E-state index contributed by atoms with van der Waals surface area (Å²) < 4.78 is 5.39. The van der Waals surface area contributed by atoms with E-state index >= 15 is 0 Å². The Morgan fingerprint density at radius 3 is 2.70 bits per heavy atom. The lowest BCUT2D eigenvalue weighted by Crippen LogP contribution is -2.36. The molecule has 23 heavy (non-hydrogen) atoms. The number of hydrogen-bond acceptors (Lipinski definition) is 5. The zero-order valence-electron chi connectivity index (χ0n) is 12.1. The third-order valence-electron chi connectivity index (χ3n) is 2.94. The average molecular weight is 357 g/mol. The number of phenolic OH excluding ortho intramolecular Hbond substituents is 2. The van der Waals surface area contributed by atoms with Crippen molar-refractivity contribution in [2.75, 3.05) is 0 Å².